The summed E-state index contributed by atoms with van der Waals surface area (Å²) in [7, 11) is 0. The molecule has 0 aliphatic heterocycles. The van der Waals surface area contributed by atoms with Gasteiger partial charge in [-0.25, -0.2) is 0 Å². The highest BCUT2D eigenvalue weighted by Gasteiger charge is 2.12. The third-order valence-electron chi connectivity index (χ3n) is 3.42. The molecule has 0 heterocycles. The van der Waals surface area contributed by atoms with Gasteiger partial charge >= 0.3 is 17.8 Å². The number of carboxylic acids is 1. The number of unbranched alkanes of at least 4 members (excludes halogenated alkanes) is 9. The van der Waals surface area contributed by atoms with Gasteiger partial charge in [-0.2, -0.15) is 0 Å². The van der Waals surface area contributed by atoms with E-state index in [4.69, 9.17) is 5.11 Å². The predicted octanol–water partition coefficient (Wildman–Crippen LogP) is 2.22. The number of hydrogen-bond donors (Lipinski definition) is 3. The van der Waals surface area contributed by atoms with Crippen LogP contribution in [-0.4, -0.2) is 36.0 Å². The van der Waals surface area contributed by atoms with Gasteiger partial charge in [0.1, 0.15) is 6.54 Å². The molecule has 0 aliphatic carbocycles. The molecule has 0 rings (SSSR count). The zero-order chi connectivity index (χ0) is 16.6. The van der Waals surface area contributed by atoms with Gasteiger partial charge in [0.05, 0.1) is 0 Å². The number of hydrogen-bond acceptors (Lipinski definition) is 3. The van der Waals surface area contributed by atoms with Gasteiger partial charge in [0.25, 0.3) is 0 Å². The quantitative estimate of drug-likeness (QED) is 0.359. The molecule has 22 heavy (non-hydrogen) atoms. The van der Waals surface area contributed by atoms with Crippen LogP contribution in [0, 0.1) is 0 Å². The Bertz CT molecular complexity index is 332. The van der Waals surface area contributed by atoms with E-state index in [-0.39, 0.29) is 0 Å². The average molecular weight is 314 g/mol. The Morgan fingerprint density at radius 3 is 1.68 bits per heavy atom. The summed E-state index contributed by atoms with van der Waals surface area (Å²) in [4.78, 5) is 32.7. The third-order valence-corrected chi connectivity index (χ3v) is 3.42. The maximum Gasteiger partial charge on any atom is 0.322 e. The Labute approximate surface area is 133 Å². The number of carbonyl (C=O) groups excluding carboxylic acids is 2. The SMILES string of the molecule is CCCCCCCCCCCCNC(=O)C(=O)NCC(=O)O. The molecule has 128 valence electrons. The number of amides is 2. The van der Waals surface area contributed by atoms with Crippen LogP contribution in [0.15, 0.2) is 0 Å². The summed E-state index contributed by atoms with van der Waals surface area (Å²) in [5.41, 5.74) is 0. The van der Waals surface area contributed by atoms with Gasteiger partial charge in [0.15, 0.2) is 0 Å². The van der Waals surface area contributed by atoms with Crippen LogP contribution in [0.25, 0.3) is 0 Å². The van der Waals surface area contributed by atoms with E-state index in [1.54, 1.807) is 0 Å². The second-order valence-corrected chi connectivity index (χ2v) is 5.51. The summed E-state index contributed by atoms with van der Waals surface area (Å²) in [6.45, 7) is 2.13. The van der Waals surface area contributed by atoms with Crippen LogP contribution in [-0.2, 0) is 14.4 Å². The van der Waals surface area contributed by atoms with E-state index in [9.17, 15) is 14.4 Å². The van der Waals surface area contributed by atoms with Crippen LogP contribution in [0.3, 0.4) is 0 Å². The molecule has 2 amide bonds. The van der Waals surface area contributed by atoms with E-state index in [1.165, 1.54) is 44.9 Å². The van der Waals surface area contributed by atoms with Crippen molar-refractivity contribution in [3.8, 4) is 0 Å². The van der Waals surface area contributed by atoms with Crippen LogP contribution in [0.1, 0.15) is 71.1 Å². The Balaban J connectivity index is 3.33. The van der Waals surface area contributed by atoms with E-state index < -0.39 is 24.3 Å². The van der Waals surface area contributed by atoms with E-state index in [0.29, 0.717) is 6.54 Å². The Morgan fingerprint density at radius 1 is 0.727 bits per heavy atom. The fourth-order valence-electron chi connectivity index (χ4n) is 2.13. The Morgan fingerprint density at radius 2 is 1.18 bits per heavy atom. The summed E-state index contributed by atoms with van der Waals surface area (Å²) < 4.78 is 0. The van der Waals surface area contributed by atoms with Crippen molar-refractivity contribution in [3.63, 3.8) is 0 Å². The van der Waals surface area contributed by atoms with Crippen molar-refractivity contribution >= 4 is 17.8 Å². The lowest BCUT2D eigenvalue weighted by Gasteiger charge is -2.05. The number of carboxylic acid groups (broad SMARTS) is 1. The average Bonchev–Trinajstić information content (AvgIpc) is 2.49. The molecule has 0 saturated carbocycles. The zero-order valence-electron chi connectivity index (χ0n) is 13.7. The lowest BCUT2D eigenvalue weighted by atomic mass is 10.1. The summed E-state index contributed by atoms with van der Waals surface area (Å²) in [6, 6.07) is 0. The number of carbonyl (C=O) groups is 3. The van der Waals surface area contributed by atoms with E-state index in [1.807, 2.05) is 5.32 Å². The van der Waals surface area contributed by atoms with Crippen molar-refractivity contribution in [2.24, 2.45) is 0 Å². The van der Waals surface area contributed by atoms with Crippen molar-refractivity contribution in [2.45, 2.75) is 71.1 Å². The predicted molar refractivity (Wildman–Crippen MR) is 85.5 cm³/mol. The normalized spacial score (nSPS) is 10.2. The van der Waals surface area contributed by atoms with Gasteiger partial charge in [-0.05, 0) is 6.42 Å². The number of nitrogens with one attached hydrogen (secondary N) is 2. The first-order chi connectivity index (χ1) is 10.6. The molecule has 6 nitrogen and oxygen atoms in total. The van der Waals surface area contributed by atoms with Crippen molar-refractivity contribution < 1.29 is 19.5 Å². The van der Waals surface area contributed by atoms with Gasteiger partial charge in [-0.1, -0.05) is 64.7 Å². The molecule has 0 radical (unpaired) electrons. The minimum Gasteiger partial charge on any atom is -0.480 e. The van der Waals surface area contributed by atoms with Crippen molar-refractivity contribution in [1.82, 2.24) is 10.6 Å². The molecule has 0 fully saturated rings. The summed E-state index contributed by atoms with van der Waals surface area (Å²) in [5, 5.41) is 12.9. The molecular formula is C16H30N2O4. The smallest absolute Gasteiger partial charge is 0.322 e. The molecule has 0 spiro atoms. The molecule has 0 saturated heterocycles. The number of aliphatic carboxylic acids is 1. The van der Waals surface area contributed by atoms with E-state index >= 15 is 0 Å². The van der Waals surface area contributed by atoms with Crippen molar-refractivity contribution in [1.29, 1.82) is 0 Å². The highest BCUT2D eigenvalue weighted by atomic mass is 16.4. The zero-order valence-corrected chi connectivity index (χ0v) is 13.7. The molecule has 0 aromatic rings. The van der Waals surface area contributed by atoms with E-state index in [0.717, 1.165) is 19.3 Å². The van der Waals surface area contributed by atoms with Crippen LogP contribution < -0.4 is 10.6 Å². The Hall–Kier alpha value is -1.59. The highest BCUT2D eigenvalue weighted by Crippen LogP contribution is 2.10. The van der Waals surface area contributed by atoms with Crippen LogP contribution in [0.2, 0.25) is 0 Å². The second-order valence-electron chi connectivity index (χ2n) is 5.51. The molecule has 0 aromatic heterocycles. The second kappa shape index (κ2) is 14.4. The van der Waals surface area contributed by atoms with Gasteiger partial charge in [-0.3, -0.25) is 14.4 Å². The molecule has 0 unspecified atom stereocenters. The third kappa shape index (κ3) is 13.4. The van der Waals surface area contributed by atoms with E-state index in [2.05, 4.69) is 12.2 Å². The fraction of sp³-hybridized carbons (Fsp3) is 0.812. The lowest BCUT2D eigenvalue weighted by Crippen LogP contribution is -2.42. The largest absolute Gasteiger partial charge is 0.480 e. The van der Waals surface area contributed by atoms with Gasteiger partial charge in [0.2, 0.25) is 0 Å². The summed E-state index contributed by atoms with van der Waals surface area (Å²) in [5.74, 6) is -2.83. The summed E-state index contributed by atoms with van der Waals surface area (Å²) in [6.07, 6.45) is 12.1. The first kappa shape index (κ1) is 20.4. The number of rotatable bonds is 13. The summed E-state index contributed by atoms with van der Waals surface area (Å²) >= 11 is 0. The van der Waals surface area contributed by atoms with Crippen LogP contribution in [0.5, 0.6) is 0 Å². The molecular weight excluding hydrogens is 284 g/mol. The van der Waals surface area contributed by atoms with Crippen LogP contribution >= 0.6 is 0 Å². The molecule has 0 aromatic carbocycles. The molecule has 0 bridgehead atoms. The molecule has 3 N–H and O–H groups in total. The topological polar surface area (TPSA) is 95.5 Å². The minimum absolute atomic E-state index is 0.454. The van der Waals surface area contributed by atoms with Crippen molar-refractivity contribution in [2.75, 3.05) is 13.1 Å². The Kier molecular flexibility index (Phi) is 13.3. The van der Waals surface area contributed by atoms with Gasteiger partial charge < -0.3 is 15.7 Å². The lowest BCUT2D eigenvalue weighted by molar-refractivity contribution is -0.142. The van der Waals surface area contributed by atoms with Gasteiger partial charge in [0, 0.05) is 6.54 Å². The highest BCUT2D eigenvalue weighted by molar-refractivity contribution is 6.35. The van der Waals surface area contributed by atoms with Crippen LogP contribution in [0.4, 0.5) is 0 Å². The molecule has 0 aliphatic rings. The molecule has 0 atom stereocenters. The first-order valence-corrected chi connectivity index (χ1v) is 8.35. The molecule has 6 heteroatoms. The standard InChI is InChI=1S/C16H30N2O4/c1-2-3-4-5-6-7-8-9-10-11-12-17-15(21)16(22)18-13-14(19)20/h2-13H2,1H3,(H,17,21)(H,18,22)(H,19,20). The maximum absolute atomic E-state index is 11.3. The van der Waals surface area contributed by atoms with Crippen molar-refractivity contribution in [3.05, 3.63) is 0 Å². The van der Waals surface area contributed by atoms with Gasteiger partial charge in [-0.15, -0.1) is 0 Å². The first-order valence-electron chi connectivity index (χ1n) is 8.35. The monoisotopic (exact) mass is 314 g/mol. The maximum atomic E-state index is 11.3. The fourth-order valence-corrected chi connectivity index (χ4v) is 2.13. The minimum atomic E-state index is -1.17.